The van der Waals surface area contributed by atoms with Gasteiger partial charge < -0.3 is 20.1 Å². The van der Waals surface area contributed by atoms with Gasteiger partial charge in [0, 0.05) is 62.3 Å². The molecule has 3 heterocycles. The second-order valence-corrected chi connectivity index (χ2v) is 9.48. The zero-order valence-electron chi connectivity index (χ0n) is 20.6. The molecule has 2 aromatic rings. The number of hydrogen-bond donors (Lipinski definition) is 2. The lowest BCUT2D eigenvalue weighted by molar-refractivity contribution is -0.192. The van der Waals surface area contributed by atoms with Crippen molar-refractivity contribution in [1.82, 2.24) is 15.2 Å². The summed E-state index contributed by atoms with van der Waals surface area (Å²) in [5.41, 5.74) is 1.45. The standard InChI is InChI=1S/C24H29N3O3.C2HF3O2/c1-17(2)26-22(28)15-19-16-24(30-21-6-4-3-5-20(19)21)9-13-27(14-10-24)23(29)18-7-11-25-12-8-18;3-2(4,5)1(6)7/h3-8,11-12,17,19H,9-10,13-16H2,1-2H3,(H,26,28);(H,6,7). The number of carboxylic acid groups (broad SMARTS) is 1. The van der Waals surface area contributed by atoms with E-state index in [-0.39, 0.29) is 29.4 Å². The number of likely N-dealkylation sites (tertiary alicyclic amines) is 1. The van der Waals surface area contributed by atoms with E-state index in [9.17, 15) is 22.8 Å². The number of para-hydroxylation sites is 1. The summed E-state index contributed by atoms with van der Waals surface area (Å²) in [6.45, 7) is 5.25. The summed E-state index contributed by atoms with van der Waals surface area (Å²) >= 11 is 0. The number of hydrogen-bond acceptors (Lipinski definition) is 5. The number of aliphatic carboxylic acids is 1. The minimum absolute atomic E-state index is 0.0383. The monoisotopic (exact) mass is 521 g/mol. The maximum atomic E-state index is 12.8. The van der Waals surface area contributed by atoms with Crippen LogP contribution in [0, 0.1) is 0 Å². The van der Waals surface area contributed by atoms with Crippen LogP contribution in [0.25, 0.3) is 0 Å². The molecule has 2 aliphatic heterocycles. The predicted molar refractivity (Wildman–Crippen MR) is 128 cm³/mol. The fourth-order valence-electron chi connectivity index (χ4n) is 4.63. The van der Waals surface area contributed by atoms with E-state index < -0.39 is 12.1 Å². The number of carbonyl (C=O) groups is 3. The van der Waals surface area contributed by atoms with Gasteiger partial charge in [-0.05, 0) is 44.0 Å². The first-order valence-electron chi connectivity index (χ1n) is 12.0. The highest BCUT2D eigenvalue weighted by atomic mass is 19.4. The third-order valence-corrected chi connectivity index (χ3v) is 6.32. The summed E-state index contributed by atoms with van der Waals surface area (Å²) in [5, 5.41) is 10.1. The Bertz CT molecular complexity index is 1100. The number of piperidine rings is 1. The molecule has 0 bridgehead atoms. The molecule has 1 fully saturated rings. The largest absolute Gasteiger partial charge is 0.490 e. The normalized spacial score (nSPS) is 18.2. The predicted octanol–water partition coefficient (Wildman–Crippen LogP) is 4.17. The molecule has 1 aromatic carbocycles. The van der Waals surface area contributed by atoms with Gasteiger partial charge in [0.2, 0.25) is 5.91 Å². The fourth-order valence-corrected chi connectivity index (χ4v) is 4.63. The zero-order valence-corrected chi connectivity index (χ0v) is 20.6. The number of halogens is 3. The van der Waals surface area contributed by atoms with Crippen molar-refractivity contribution in [3.63, 3.8) is 0 Å². The van der Waals surface area contributed by atoms with E-state index in [1.165, 1.54) is 0 Å². The quantitative estimate of drug-likeness (QED) is 0.625. The van der Waals surface area contributed by atoms with Crippen molar-refractivity contribution < 1.29 is 37.4 Å². The van der Waals surface area contributed by atoms with Gasteiger partial charge in [-0.25, -0.2) is 4.79 Å². The summed E-state index contributed by atoms with van der Waals surface area (Å²) in [4.78, 5) is 40.1. The molecule has 1 spiro atoms. The maximum absolute atomic E-state index is 12.8. The number of aromatic nitrogens is 1. The van der Waals surface area contributed by atoms with E-state index in [1.807, 2.05) is 36.9 Å². The van der Waals surface area contributed by atoms with Crippen LogP contribution in [0.5, 0.6) is 5.75 Å². The number of rotatable bonds is 4. The van der Waals surface area contributed by atoms with Crippen molar-refractivity contribution in [3.05, 3.63) is 59.9 Å². The number of ether oxygens (including phenoxy) is 1. The van der Waals surface area contributed by atoms with Gasteiger partial charge in [0.1, 0.15) is 11.4 Å². The Hall–Kier alpha value is -3.63. The van der Waals surface area contributed by atoms with Crippen LogP contribution in [0.15, 0.2) is 48.8 Å². The average molecular weight is 522 g/mol. The minimum Gasteiger partial charge on any atom is -0.487 e. The number of amides is 2. The van der Waals surface area contributed by atoms with Gasteiger partial charge in [-0.1, -0.05) is 18.2 Å². The Balaban J connectivity index is 0.000000479. The Morgan fingerprint density at radius 3 is 2.30 bits per heavy atom. The third kappa shape index (κ3) is 7.43. The number of alkyl halides is 3. The molecular formula is C26H30F3N3O5. The molecule has 11 heteroatoms. The van der Waals surface area contributed by atoms with Crippen molar-refractivity contribution in [2.24, 2.45) is 0 Å². The Morgan fingerprint density at radius 2 is 1.73 bits per heavy atom. The number of carboxylic acids is 1. The molecule has 1 aromatic heterocycles. The van der Waals surface area contributed by atoms with Crippen LogP contribution in [0.1, 0.15) is 61.4 Å². The molecule has 1 unspecified atom stereocenters. The molecule has 2 aliphatic rings. The van der Waals surface area contributed by atoms with Crippen molar-refractivity contribution in [3.8, 4) is 5.75 Å². The van der Waals surface area contributed by atoms with Crippen molar-refractivity contribution in [1.29, 1.82) is 0 Å². The molecule has 1 saturated heterocycles. The zero-order chi connectivity index (χ0) is 27.2. The Kier molecular flexibility index (Phi) is 8.77. The second kappa shape index (κ2) is 11.6. The van der Waals surface area contributed by atoms with Crippen LogP contribution in [0.4, 0.5) is 13.2 Å². The van der Waals surface area contributed by atoms with Crippen LogP contribution in [-0.4, -0.2) is 63.7 Å². The molecule has 0 radical (unpaired) electrons. The number of nitrogens with zero attached hydrogens (tertiary/aromatic N) is 2. The summed E-state index contributed by atoms with van der Waals surface area (Å²) in [7, 11) is 0. The molecule has 1 atom stereocenters. The number of pyridine rings is 1. The molecule has 0 aliphatic carbocycles. The van der Waals surface area contributed by atoms with Gasteiger partial charge in [0.25, 0.3) is 5.91 Å². The lowest BCUT2D eigenvalue weighted by atomic mass is 9.76. The van der Waals surface area contributed by atoms with Gasteiger partial charge in [-0.3, -0.25) is 14.6 Å². The fraction of sp³-hybridized carbons (Fsp3) is 0.462. The van der Waals surface area contributed by atoms with E-state index in [0.29, 0.717) is 25.1 Å². The SMILES string of the molecule is CC(C)NC(=O)CC1CC2(CCN(C(=O)c3ccncc3)CC2)Oc2ccccc21.O=C(O)C(F)(F)F. The lowest BCUT2D eigenvalue weighted by Crippen LogP contribution is -2.52. The van der Waals surface area contributed by atoms with Crippen molar-refractivity contribution in [2.75, 3.05) is 13.1 Å². The van der Waals surface area contributed by atoms with Crippen LogP contribution < -0.4 is 10.1 Å². The van der Waals surface area contributed by atoms with E-state index in [0.717, 1.165) is 30.6 Å². The number of nitrogens with one attached hydrogen (secondary N) is 1. The van der Waals surface area contributed by atoms with Crippen LogP contribution in [0.2, 0.25) is 0 Å². The van der Waals surface area contributed by atoms with Gasteiger partial charge in [-0.2, -0.15) is 13.2 Å². The summed E-state index contributed by atoms with van der Waals surface area (Å²) in [5.74, 6) is -1.65. The van der Waals surface area contributed by atoms with Crippen LogP contribution in [-0.2, 0) is 9.59 Å². The van der Waals surface area contributed by atoms with E-state index in [4.69, 9.17) is 14.6 Å². The first-order chi connectivity index (χ1) is 17.4. The van der Waals surface area contributed by atoms with E-state index in [1.54, 1.807) is 24.5 Å². The highest BCUT2D eigenvalue weighted by molar-refractivity contribution is 5.94. The summed E-state index contributed by atoms with van der Waals surface area (Å²) in [6.07, 6.45) is 0.993. The number of fused-ring (bicyclic) bond motifs is 1. The van der Waals surface area contributed by atoms with E-state index >= 15 is 0 Å². The highest BCUT2D eigenvalue weighted by Crippen LogP contribution is 2.46. The van der Waals surface area contributed by atoms with Crippen molar-refractivity contribution >= 4 is 17.8 Å². The molecule has 200 valence electrons. The van der Waals surface area contributed by atoms with Crippen LogP contribution in [0.3, 0.4) is 0 Å². The molecule has 8 nitrogen and oxygen atoms in total. The minimum atomic E-state index is -5.08. The Labute approximate surface area is 212 Å². The second-order valence-electron chi connectivity index (χ2n) is 9.48. The molecule has 4 rings (SSSR count). The first kappa shape index (κ1) is 27.9. The molecule has 2 N–H and O–H groups in total. The van der Waals surface area contributed by atoms with Crippen LogP contribution >= 0.6 is 0 Å². The lowest BCUT2D eigenvalue weighted by Gasteiger charge is -2.47. The number of benzene rings is 1. The molecule has 2 amide bonds. The molecular weight excluding hydrogens is 491 g/mol. The van der Waals surface area contributed by atoms with Gasteiger partial charge in [0.15, 0.2) is 0 Å². The van der Waals surface area contributed by atoms with Gasteiger partial charge in [-0.15, -0.1) is 0 Å². The highest BCUT2D eigenvalue weighted by Gasteiger charge is 2.44. The average Bonchev–Trinajstić information content (AvgIpc) is 2.84. The molecule has 37 heavy (non-hydrogen) atoms. The maximum Gasteiger partial charge on any atom is 0.490 e. The van der Waals surface area contributed by atoms with Crippen molar-refractivity contribution in [2.45, 2.75) is 63.3 Å². The summed E-state index contributed by atoms with van der Waals surface area (Å²) < 4.78 is 38.2. The number of carbonyl (C=O) groups excluding carboxylic acids is 2. The third-order valence-electron chi connectivity index (χ3n) is 6.32. The topological polar surface area (TPSA) is 109 Å². The Morgan fingerprint density at radius 1 is 1.14 bits per heavy atom. The van der Waals surface area contributed by atoms with Gasteiger partial charge in [0.05, 0.1) is 0 Å². The first-order valence-corrected chi connectivity index (χ1v) is 12.0. The molecule has 0 saturated carbocycles. The van der Waals surface area contributed by atoms with E-state index in [2.05, 4.69) is 16.4 Å². The van der Waals surface area contributed by atoms with Gasteiger partial charge >= 0.3 is 12.1 Å². The smallest absolute Gasteiger partial charge is 0.487 e. The summed E-state index contributed by atoms with van der Waals surface area (Å²) in [6, 6.07) is 11.7.